The SMILES string of the molecule is CCc1ccccc1-[n+]1ccccc1. The molecule has 2 aromatic rings. The number of benzene rings is 1. The Morgan fingerprint density at radius 3 is 2.36 bits per heavy atom. The third kappa shape index (κ3) is 1.67. The average molecular weight is 184 g/mol. The van der Waals surface area contributed by atoms with Gasteiger partial charge in [0.2, 0.25) is 5.69 Å². The van der Waals surface area contributed by atoms with Crippen molar-refractivity contribution in [2.75, 3.05) is 0 Å². The van der Waals surface area contributed by atoms with Crippen molar-refractivity contribution in [3.63, 3.8) is 0 Å². The maximum Gasteiger partial charge on any atom is 0.213 e. The molecule has 0 aliphatic heterocycles. The van der Waals surface area contributed by atoms with Crippen LogP contribution >= 0.6 is 0 Å². The normalized spacial score (nSPS) is 10.1. The van der Waals surface area contributed by atoms with Crippen LogP contribution in [-0.4, -0.2) is 0 Å². The van der Waals surface area contributed by atoms with E-state index in [4.69, 9.17) is 0 Å². The van der Waals surface area contributed by atoms with E-state index in [-0.39, 0.29) is 0 Å². The molecule has 14 heavy (non-hydrogen) atoms. The Morgan fingerprint density at radius 2 is 1.64 bits per heavy atom. The first-order chi connectivity index (χ1) is 6.92. The van der Waals surface area contributed by atoms with Crippen LogP contribution in [0.5, 0.6) is 0 Å². The van der Waals surface area contributed by atoms with E-state index < -0.39 is 0 Å². The van der Waals surface area contributed by atoms with Gasteiger partial charge in [0.1, 0.15) is 0 Å². The van der Waals surface area contributed by atoms with Crippen molar-refractivity contribution in [2.45, 2.75) is 13.3 Å². The highest BCUT2D eigenvalue weighted by Crippen LogP contribution is 2.08. The van der Waals surface area contributed by atoms with E-state index in [2.05, 4.69) is 48.1 Å². The van der Waals surface area contributed by atoms with E-state index in [0.717, 1.165) is 6.42 Å². The second-order valence-electron chi connectivity index (χ2n) is 3.27. The zero-order chi connectivity index (χ0) is 9.80. The van der Waals surface area contributed by atoms with E-state index in [0.29, 0.717) is 0 Å². The van der Waals surface area contributed by atoms with E-state index in [1.54, 1.807) is 0 Å². The van der Waals surface area contributed by atoms with Crippen LogP contribution in [-0.2, 0) is 6.42 Å². The summed E-state index contributed by atoms with van der Waals surface area (Å²) in [7, 11) is 0. The zero-order valence-corrected chi connectivity index (χ0v) is 8.35. The van der Waals surface area contributed by atoms with Crippen LogP contribution in [0.4, 0.5) is 0 Å². The van der Waals surface area contributed by atoms with Gasteiger partial charge in [0.15, 0.2) is 12.4 Å². The van der Waals surface area contributed by atoms with Gasteiger partial charge in [-0.25, -0.2) is 0 Å². The molecule has 0 unspecified atom stereocenters. The minimum atomic E-state index is 1.07. The van der Waals surface area contributed by atoms with E-state index in [1.165, 1.54) is 11.3 Å². The molecule has 1 aromatic carbocycles. The molecule has 0 bridgehead atoms. The van der Waals surface area contributed by atoms with Crippen LogP contribution in [0, 0.1) is 0 Å². The Labute approximate surface area is 84.6 Å². The van der Waals surface area contributed by atoms with Gasteiger partial charge in [-0.1, -0.05) is 31.2 Å². The number of nitrogens with zero attached hydrogens (tertiary/aromatic N) is 1. The lowest BCUT2D eigenvalue weighted by Crippen LogP contribution is -2.30. The predicted molar refractivity (Wildman–Crippen MR) is 57.4 cm³/mol. The maximum absolute atomic E-state index is 2.18. The van der Waals surface area contributed by atoms with Crippen molar-refractivity contribution < 1.29 is 4.57 Å². The number of rotatable bonds is 2. The van der Waals surface area contributed by atoms with E-state index in [1.807, 2.05) is 18.2 Å². The number of hydrogen-bond donors (Lipinski definition) is 0. The third-order valence-electron chi connectivity index (χ3n) is 2.37. The summed E-state index contributed by atoms with van der Waals surface area (Å²) >= 11 is 0. The Hall–Kier alpha value is -1.63. The highest BCUT2D eigenvalue weighted by atomic mass is 14.9. The molecule has 1 nitrogen and oxygen atoms in total. The van der Waals surface area contributed by atoms with Crippen molar-refractivity contribution in [3.8, 4) is 5.69 Å². The van der Waals surface area contributed by atoms with Gasteiger partial charge >= 0.3 is 0 Å². The molecule has 0 fully saturated rings. The summed E-state index contributed by atoms with van der Waals surface area (Å²) < 4.78 is 2.15. The van der Waals surface area contributed by atoms with Gasteiger partial charge in [0, 0.05) is 23.8 Å². The van der Waals surface area contributed by atoms with Gasteiger partial charge in [0.05, 0.1) is 0 Å². The van der Waals surface area contributed by atoms with Crippen LogP contribution < -0.4 is 4.57 Å². The molecule has 0 aliphatic rings. The highest BCUT2D eigenvalue weighted by molar-refractivity contribution is 5.33. The summed E-state index contributed by atoms with van der Waals surface area (Å²) in [6.07, 6.45) is 5.22. The lowest BCUT2D eigenvalue weighted by molar-refractivity contribution is -0.596. The maximum atomic E-state index is 2.18. The number of aryl methyl sites for hydroxylation is 1. The van der Waals surface area contributed by atoms with Gasteiger partial charge in [-0.3, -0.25) is 0 Å². The van der Waals surface area contributed by atoms with Crippen molar-refractivity contribution in [1.29, 1.82) is 0 Å². The molecular weight excluding hydrogens is 170 g/mol. The minimum absolute atomic E-state index is 1.07. The molecular formula is C13H14N+. The van der Waals surface area contributed by atoms with Crippen molar-refractivity contribution in [1.82, 2.24) is 0 Å². The number of aromatic nitrogens is 1. The molecule has 0 saturated heterocycles. The monoisotopic (exact) mass is 184 g/mol. The average Bonchev–Trinajstić information content (AvgIpc) is 2.30. The Morgan fingerprint density at radius 1 is 0.929 bits per heavy atom. The Bertz CT molecular complexity index is 407. The summed E-state index contributed by atoms with van der Waals surface area (Å²) in [5.74, 6) is 0. The first kappa shape index (κ1) is 8.95. The molecule has 0 atom stereocenters. The molecule has 0 amide bonds. The summed E-state index contributed by atoms with van der Waals surface area (Å²) in [5.41, 5.74) is 2.65. The van der Waals surface area contributed by atoms with Crippen LogP contribution in [0.2, 0.25) is 0 Å². The smallest absolute Gasteiger partial charge is 0.167 e. The quantitative estimate of drug-likeness (QED) is 0.631. The largest absolute Gasteiger partial charge is 0.213 e. The van der Waals surface area contributed by atoms with Gasteiger partial charge in [-0.2, -0.15) is 4.57 Å². The van der Waals surface area contributed by atoms with E-state index in [9.17, 15) is 0 Å². The molecule has 0 saturated carbocycles. The summed E-state index contributed by atoms with van der Waals surface area (Å²) in [6.45, 7) is 2.18. The molecule has 0 N–H and O–H groups in total. The van der Waals surface area contributed by atoms with Crippen LogP contribution in [0.25, 0.3) is 5.69 Å². The zero-order valence-electron chi connectivity index (χ0n) is 8.35. The minimum Gasteiger partial charge on any atom is -0.167 e. The molecule has 0 aliphatic carbocycles. The third-order valence-corrected chi connectivity index (χ3v) is 2.37. The Kier molecular flexibility index (Phi) is 2.59. The lowest BCUT2D eigenvalue weighted by atomic mass is 10.1. The summed E-state index contributed by atoms with van der Waals surface area (Å²) in [5, 5.41) is 0. The Balaban J connectivity index is 2.51. The first-order valence-electron chi connectivity index (χ1n) is 4.96. The number of hydrogen-bond acceptors (Lipinski definition) is 0. The van der Waals surface area contributed by atoms with Crippen LogP contribution in [0.15, 0.2) is 54.9 Å². The van der Waals surface area contributed by atoms with Gasteiger partial charge in [-0.15, -0.1) is 0 Å². The molecule has 2 rings (SSSR count). The highest BCUT2D eigenvalue weighted by Gasteiger charge is 2.08. The van der Waals surface area contributed by atoms with Crippen LogP contribution in [0.1, 0.15) is 12.5 Å². The summed E-state index contributed by atoms with van der Waals surface area (Å²) in [4.78, 5) is 0. The molecule has 1 heterocycles. The molecule has 1 aromatic heterocycles. The lowest BCUT2D eigenvalue weighted by Gasteiger charge is -2.00. The fraction of sp³-hybridized carbons (Fsp3) is 0.154. The van der Waals surface area contributed by atoms with Crippen molar-refractivity contribution >= 4 is 0 Å². The fourth-order valence-corrected chi connectivity index (χ4v) is 1.62. The van der Waals surface area contributed by atoms with Gasteiger partial charge < -0.3 is 0 Å². The van der Waals surface area contributed by atoms with E-state index >= 15 is 0 Å². The van der Waals surface area contributed by atoms with Crippen molar-refractivity contribution in [3.05, 3.63) is 60.4 Å². The number of para-hydroxylation sites is 1. The fourth-order valence-electron chi connectivity index (χ4n) is 1.62. The first-order valence-corrected chi connectivity index (χ1v) is 4.96. The topological polar surface area (TPSA) is 3.88 Å². The molecule has 0 radical (unpaired) electrons. The second-order valence-corrected chi connectivity index (χ2v) is 3.27. The van der Waals surface area contributed by atoms with Gasteiger partial charge in [-0.05, 0) is 6.42 Å². The standard InChI is InChI=1S/C13H14N/c1-2-12-8-4-5-9-13(12)14-10-6-3-7-11-14/h3-11H,2H2,1H3/q+1. The van der Waals surface area contributed by atoms with Crippen molar-refractivity contribution in [2.24, 2.45) is 0 Å². The van der Waals surface area contributed by atoms with Crippen LogP contribution in [0.3, 0.4) is 0 Å². The molecule has 1 heteroatoms. The molecule has 0 spiro atoms. The summed E-state index contributed by atoms with van der Waals surface area (Å²) in [6, 6.07) is 14.6. The molecule has 70 valence electrons. The van der Waals surface area contributed by atoms with Gasteiger partial charge in [0.25, 0.3) is 0 Å². The second kappa shape index (κ2) is 4.05. The predicted octanol–water partition coefficient (Wildman–Crippen LogP) is 2.53. The number of pyridine rings is 1.